The molecule has 0 aliphatic carbocycles. The van der Waals surface area contributed by atoms with E-state index in [9.17, 15) is 9.18 Å². The fraction of sp³-hybridized carbons (Fsp3) is 0.235. The van der Waals surface area contributed by atoms with Crippen LogP contribution >= 0.6 is 15.9 Å². The number of aryl methyl sites for hydroxylation is 2. The van der Waals surface area contributed by atoms with Crippen LogP contribution in [0.5, 0.6) is 0 Å². The number of hydrogen-bond acceptors (Lipinski definition) is 1. The van der Waals surface area contributed by atoms with Crippen LogP contribution in [-0.4, -0.2) is 5.78 Å². The molecule has 0 unspecified atom stereocenters. The summed E-state index contributed by atoms with van der Waals surface area (Å²) in [5.74, 6) is -0.311. The topological polar surface area (TPSA) is 17.1 Å². The average molecular weight is 335 g/mol. The summed E-state index contributed by atoms with van der Waals surface area (Å²) in [6.07, 6.45) is 0.482. The van der Waals surface area contributed by atoms with E-state index in [2.05, 4.69) is 15.9 Å². The largest absolute Gasteiger partial charge is 0.299 e. The molecule has 0 amide bonds. The number of halogens is 2. The first-order valence-corrected chi connectivity index (χ1v) is 7.27. The van der Waals surface area contributed by atoms with Crippen molar-refractivity contribution in [2.45, 2.75) is 26.7 Å². The third-order valence-electron chi connectivity index (χ3n) is 3.29. The van der Waals surface area contributed by atoms with Gasteiger partial charge in [0.15, 0.2) is 0 Å². The van der Waals surface area contributed by atoms with Gasteiger partial charge in [-0.05, 0) is 42.7 Å². The molecule has 2 rings (SSSR count). The van der Waals surface area contributed by atoms with Gasteiger partial charge in [0.1, 0.15) is 11.6 Å². The number of benzene rings is 2. The molecule has 20 heavy (non-hydrogen) atoms. The molecule has 0 radical (unpaired) electrons. The maximum atomic E-state index is 13.7. The van der Waals surface area contributed by atoms with Crippen LogP contribution in [0.1, 0.15) is 22.3 Å². The van der Waals surface area contributed by atoms with Crippen molar-refractivity contribution < 1.29 is 9.18 Å². The van der Waals surface area contributed by atoms with Gasteiger partial charge in [-0.25, -0.2) is 4.39 Å². The zero-order valence-corrected chi connectivity index (χ0v) is 13.1. The molecule has 1 nitrogen and oxygen atoms in total. The Bertz CT molecular complexity index is 649. The Kier molecular flexibility index (Phi) is 4.71. The second-order valence-corrected chi connectivity index (χ2v) is 5.97. The maximum Gasteiger partial charge on any atom is 0.141 e. The summed E-state index contributed by atoms with van der Waals surface area (Å²) in [5.41, 5.74) is 3.70. The number of carbonyl (C=O) groups is 1. The van der Waals surface area contributed by atoms with Gasteiger partial charge in [-0.2, -0.15) is 0 Å². The van der Waals surface area contributed by atoms with Crippen LogP contribution in [0.25, 0.3) is 0 Å². The molecule has 0 N–H and O–H groups in total. The van der Waals surface area contributed by atoms with Crippen molar-refractivity contribution in [1.29, 1.82) is 0 Å². The maximum absolute atomic E-state index is 13.7. The minimum absolute atomic E-state index is 0.0277. The van der Waals surface area contributed by atoms with Crippen LogP contribution in [0.15, 0.2) is 40.9 Å². The lowest BCUT2D eigenvalue weighted by Crippen LogP contribution is -2.09. The first kappa shape index (κ1) is 14.9. The fourth-order valence-electron chi connectivity index (χ4n) is 2.14. The van der Waals surface area contributed by atoms with Gasteiger partial charge in [0.05, 0.1) is 0 Å². The normalized spacial score (nSPS) is 10.6. The van der Waals surface area contributed by atoms with Gasteiger partial charge in [-0.15, -0.1) is 0 Å². The summed E-state index contributed by atoms with van der Waals surface area (Å²) in [4.78, 5) is 12.1. The number of carbonyl (C=O) groups excluding carboxylic acids is 1. The summed E-state index contributed by atoms with van der Waals surface area (Å²) in [6.45, 7) is 3.99. The molecule has 3 heteroatoms. The van der Waals surface area contributed by atoms with Gasteiger partial charge in [-0.3, -0.25) is 4.79 Å². The number of ketones is 1. The molecular formula is C17H16BrFO. The second-order valence-electron chi connectivity index (χ2n) is 5.06. The van der Waals surface area contributed by atoms with E-state index >= 15 is 0 Å². The van der Waals surface area contributed by atoms with Crippen molar-refractivity contribution >= 4 is 21.7 Å². The number of rotatable bonds is 4. The van der Waals surface area contributed by atoms with Gasteiger partial charge in [0, 0.05) is 17.3 Å². The lowest BCUT2D eigenvalue weighted by Gasteiger charge is -2.07. The summed E-state index contributed by atoms with van der Waals surface area (Å²) >= 11 is 3.21. The molecular weight excluding hydrogens is 319 g/mol. The van der Waals surface area contributed by atoms with E-state index in [0.29, 0.717) is 16.5 Å². The molecule has 0 atom stereocenters. The lowest BCUT2D eigenvalue weighted by atomic mass is 9.98. The zero-order chi connectivity index (χ0) is 14.7. The standard InChI is InChI=1S/C17H16BrFO/c1-11-3-4-12(2)14(7-11)9-16(20)8-13-5-6-15(18)10-17(13)19/h3-7,10H,8-9H2,1-2H3. The molecule has 0 heterocycles. The molecule has 0 saturated carbocycles. The molecule has 0 aliphatic heterocycles. The van der Waals surface area contributed by atoms with Crippen LogP contribution in [0.2, 0.25) is 0 Å². The molecule has 0 fully saturated rings. The Morgan fingerprint density at radius 2 is 1.75 bits per heavy atom. The van der Waals surface area contributed by atoms with E-state index in [1.165, 1.54) is 6.07 Å². The van der Waals surface area contributed by atoms with Crippen molar-refractivity contribution in [3.63, 3.8) is 0 Å². The molecule has 104 valence electrons. The highest BCUT2D eigenvalue weighted by molar-refractivity contribution is 9.10. The SMILES string of the molecule is Cc1ccc(C)c(CC(=O)Cc2ccc(Br)cc2F)c1. The molecule has 0 aromatic heterocycles. The predicted octanol–water partition coefficient (Wildman–Crippen LogP) is 4.56. The molecule has 0 saturated heterocycles. The Labute approximate surface area is 127 Å². The van der Waals surface area contributed by atoms with Crippen LogP contribution in [0.3, 0.4) is 0 Å². The monoisotopic (exact) mass is 334 g/mol. The Morgan fingerprint density at radius 1 is 1.05 bits per heavy atom. The fourth-order valence-corrected chi connectivity index (χ4v) is 2.48. The summed E-state index contributed by atoms with van der Waals surface area (Å²) in [5, 5.41) is 0. The lowest BCUT2D eigenvalue weighted by molar-refractivity contribution is -0.117. The quantitative estimate of drug-likeness (QED) is 0.801. The minimum atomic E-state index is -0.339. The van der Waals surface area contributed by atoms with Gasteiger partial charge >= 0.3 is 0 Å². The van der Waals surface area contributed by atoms with E-state index in [-0.39, 0.29) is 18.0 Å². The van der Waals surface area contributed by atoms with Crippen LogP contribution in [0.4, 0.5) is 4.39 Å². The Morgan fingerprint density at radius 3 is 2.45 bits per heavy atom. The second kappa shape index (κ2) is 6.31. The summed E-state index contributed by atoms with van der Waals surface area (Å²) in [7, 11) is 0. The van der Waals surface area contributed by atoms with Crippen molar-refractivity contribution in [2.75, 3.05) is 0 Å². The van der Waals surface area contributed by atoms with Crippen LogP contribution < -0.4 is 0 Å². The predicted molar refractivity (Wildman–Crippen MR) is 82.4 cm³/mol. The highest BCUT2D eigenvalue weighted by Crippen LogP contribution is 2.17. The van der Waals surface area contributed by atoms with Gasteiger partial charge in [-0.1, -0.05) is 45.8 Å². The minimum Gasteiger partial charge on any atom is -0.299 e. The first-order chi connectivity index (χ1) is 9.45. The van der Waals surface area contributed by atoms with E-state index in [4.69, 9.17) is 0 Å². The molecule has 2 aromatic rings. The van der Waals surface area contributed by atoms with Crippen molar-refractivity contribution in [1.82, 2.24) is 0 Å². The summed E-state index contributed by atoms with van der Waals surface area (Å²) in [6, 6.07) is 10.9. The van der Waals surface area contributed by atoms with Crippen molar-refractivity contribution in [3.8, 4) is 0 Å². The third-order valence-corrected chi connectivity index (χ3v) is 3.79. The molecule has 0 bridgehead atoms. The van der Waals surface area contributed by atoms with E-state index in [1.807, 2.05) is 32.0 Å². The Balaban J connectivity index is 2.11. The van der Waals surface area contributed by atoms with Crippen LogP contribution in [-0.2, 0) is 17.6 Å². The van der Waals surface area contributed by atoms with Crippen molar-refractivity contribution in [2.24, 2.45) is 0 Å². The van der Waals surface area contributed by atoms with Crippen molar-refractivity contribution in [3.05, 3.63) is 68.9 Å². The van der Waals surface area contributed by atoms with E-state index in [1.54, 1.807) is 12.1 Å². The highest BCUT2D eigenvalue weighted by atomic mass is 79.9. The summed E-state index contributed by atoms with van der Waals surface area (Å²) < 4.78 is 14.4. The van der Waals surface area contributed by atoms with Crippen LogP contribution in [0, 0.1) is 19.7 Å². The number of Topliss-reactive ketones (excluding diaryl/α,β-unsaturated/α-hetero) is 1. The average Bonchev–Trinajstić information content (AvgIpc) is 2.37. The third kappa shape index (κ3) is 3.76. The van der Waals surface area contributed by atoms with Gasteiger partial charge in [0.25, 0.3) is 0 Å². The zero-order valence-electron chi connectivity index (χ0n) is 11.5. The van der Waals surface area contributed by atoms with E-state index in [0.717, 1.165) is 16.7 Å². The van der Waals surface area contributed by atoms with Gasteiger partial charge in [0.2, 0.25) is 0 Å². The molecule has 0 aliphatic rings. The smallest absolute Gasteiger partial charge is 0.141 e. The molecule has 2 aromatic carbocycles. The Hall–Kier alpha value is -1.48. The first-order valence-electron chi connectivity index (χ1n) is 6.47. The molecule has 0 spiro atoms. The van der Waals surface area contributed by atoms with E-state index < -0.39 is 0 Å². The highest BCUT2D eigenvalue weighted by Gasteiger charge is 2.11. The number of hydrogen-bond donors (Lipinski definition) is 0. The van der Waals surface area contributed by atoms with Gasteiger partial charge < -0.3 is 0 Å².